The molecule has 0 radical (unpaired) electrons. The molecule has 1 saturated heterocycles. The van der Waals surface area contributed by atoms with E-state index in [4.69, 9.17) is 4.74 Å². The van der Waals surface area contributed by atoms with Gasteiger partial charge in [0, 0.05) is 29.7 Å². The highest BCUT2D eigenvalue weighted by Gasteiger charge is 2.34. The number of halogens is 1. The van der Waals surface area contributed by atoms with Crippen LogP contribution in [0.25, 0.3) is 5.69 Å². The van der Waals surface area contributed by atoms with Crippen molar-refractivity contribution in [3.8, 4) is 5.69 Å². The van der Waals surface area contributed by atoms with E-state index in [1.807, 2.05) is 6.92 Å². The molecular weight excluding hydrogens is 411 g/mol. The number of benzene rings is 1. The summed E-state index contributed by atoms with van der Waals surface area (Å²) >= 11 is 0. The van der Waals surface area contributed by atoms with Gasteiger partial charge < -0.3 is 14.2 Å². The van der Waals surface area contributed by atoms with Crippen molar-refractivity contribution in [2.45, 2.75) is 33.2 Å². The summed E-state index contributed by atoms with van der Waals surface area (Å²) < 4.78 is 43.6. The standard InChI is InChI=1S/C21H25FN2O5S/c1-4-23(18-9-10-30(27,28)13-18)20(25)12-29-21(26)19-11-14(2)24(15(19)3)17-7-5-16(22)6-8-17/h5-8,11,18H,4,9-10,12-13H2,1-3H3/t18-/m1/s1. The van der Waals surface area contributed by atoms with Gasteiger partial charge in [-0.25, -0.2) is 17.6 Å². The van der Waals surface area contributed by atoms with Gasteiger partial charge in [0.25, 0.3) is 5.91 Å². The molecule has 1 atom stereocenters. The number of likely N-dealkylation sites (N-methyl/N-ethyl adjacent to an activating group) is 1. The molecule has 2 aromatic rings. The number of carbonyl (C=O) groups excluding carboxylic acids is 2. The van der Waals surface area contributed by atoms with E-state index >= 15 is 0 Å². The Hall–Kier alpha value is -2.68. The van der Waals surface area contributed by atoms with Crippen molar-refractivity contribution in [2.24, 2.45) is 0 Å². The highest BCUT2D eigenvalue weighted by atomic mass is 32.2. The number of aryl methyl sites for hydroxylation is 1. The largest absolute Gasteiger partial charge is 0.452 e. The lowest BCUT2D eigenvalue weighted by Gasteiger charge is -2.26. The highest BCUT2D eigenvalue weighted by Crippen LogP contribution is 2.22. The van der Waals surface area contributed by atoms with E-state index in [1.165, 1.54) is 17.0 Å². The number of amides is 1. The normalized spacial score (nSPS) is 17.7. The summed E-state index contributed by atoms with van der Waals surface area (Å²) in [7, 11) is -3.12. The lowest BCUT2D eigenvalue weighted by atomic mass is 10.2. The Morgan fingerprint density at radius 3 is 2.47 bits per heavy atom. The van der Waals surface area contributed by atoms with Crippen LogP contribution >= 0.6 is 0 Å². The monoisotopic (exact) mass is 436 g/mol. The Morgan fingerprint density at radius 1 is 1.23 bits per heavy atom. The zero-order valence-corrected chi connectivity index (χ0v) is 18.0. The van der Waals surface area contributed by atoms with Crippen LogP contribution in [0.15, 0.2) is 30.3 Å². The number of sulfone groups is 1. The van der Waals surface area contributed by atoms with Gasteiger partial charge in [0.05, 0.1) is 17.1 Å². The van der Waals surface area contributed by atoms with Crippen molar-refractivity contribution < 1.29 is 27.1 Å². The van der Waals surface area contributed by atoms with Crippen LogP contribution in [0.2, 0.25) is 0 Å². The maximum Gasteiger partial charge on any atom is 0.340 e. The van der Waals surface area contributed by atoms with Gasteiger partial charge in [-0.05, 0) is 57.5 Å². The highest BCUT2D eigenvalue weighted by molar-refractivity contribution is 7.91. The third-order valence-corrected chi connectivity index (χ3v) is 7.12. The average molecular weight is 437 g/mol. The first-order valence-corrected chi connectivity index (χ1v) is 11.6. The van der Waals surface area contributed by atoms with Crippen molar-refractivity contribution in [1.82, 2.24) is 9.47 Å². The van der Waals surface area contributed by atoms with Crippen LogP contribution in [-0.2, 0) is 19.4 Å². The van der Waals surface area contributed by atoms with Crippen molar-refractivity contribution in [1.29, 1.82) is 0 Å². The van der Waals surface area contributed by atoms with Gasteiger partial charge in [-0.3, -0.25) is 4.79 Å². The van der Waals surface area contributed by atoms with Crippen LogP contribution in [0.5, 0.6) is 0 Å². The van der Waals surface area contributed by atoms with Gasteiger partial charge in [-0.2, -0.15) is 0 Å². The predicted octanol–water partition coefficient (Wildman–Crippen LogP) is 2.43. The number of nitrogens with zero attached hydrogens (tertiary/aromatic N) is 2. The molecule has 0 aliphatic carbocycles. The molecule has 1 aromatic carbocycles. The second-order valence-electron chi connectivity index (χ2n) is 7.41. The number of ether oxygens (including phenoxy) is 1. The van der Waals surface area contributed by atoms with Crippen molar-refractivity contribution in [2.75, 3.05) is 24.7 Å². The summed E-state index contributed by atoms with van der Waals surface area (Å²) in [6.07, 6.45) is 0.398. The van der Waals surface area contributed by atoms with Gasteiger partial charge >= 0.3 is 5.97 Å². The molecule has 7 nitrogen and oxygen atoms in total. The third-order valence-electron chi connectivity index (χ3n) is 5.37. The van der Waals surface area contributed by atoms with E-state index in [1.54, 1.807) is 36.6 Å². The van der Waals surface area contributed by atoms with Crippen LogP contribution in [0.3, 0.4) is 0 Å². The minimum atomic E-state index is -3.12. The van der Waals surface area contributed by atoms with E-state index in [0.717, 1.165) is 5.69 Å². The lowest BCUT2D eigenvalue weighted by Crippen LogP contribution is -2.43. The molecule has 0 N–H and O–H groups in total. The molecule has 9 heteroatoms. The Morgan fingerprint density at radius 2 is 1.90 bits per heavy atom. The molecule has 1 aliphatic rings. The smallest absolute Gasteiger partial charge is 0.340 e. The summed E-state index contributed by atoms with van der Waals surface area (Å²) in [6, 6.07) is 7.19. The summed E-state index contributed by atoms with van der Waals surface area (Å²) in [5.41, 5.74) is 2.41. The molecule has 1 aromatic heterocycles. The van der Waals surface area contributed by atoms with Crippen LogP contribution in [-0.4, -0.2) is 60.5 Å². The SMILES string of the molecule is CCN(C(=O)COC(=O)c1cc(C)n(-c2ccc(F)cc2)c1C)[C@@H]1CCS(=O)(=O)C1. The van der Waals surface area contributed by atoms with Crippen LogP contribution in [0.1, 0.15) is 35.1 Å². The molecule has 0 saturated carbocycles. The molecule has 0 unspecified atom stereocenters. The first-order chi connectivity index (χ1) is 14.1. The molecule has 162 valence electrons. The summed E-state index contributed by atoms with van der Waals surface area (Å²) in [4.78, 5) is 26.6. The molecule has 1 aliphatic heterocycles. The van der Waals surface area contributed by atoms with Gasteiger partial charge in [0.2, 0.25) is 0 Å². The van der Waals surface area contributed by atoms with Crippen molar-refractivity contribution in [3.05, 3.63) is 53.1 Å². The van der Waals surface area contributed by atoms with Gasteiger partial charge in [-0.1, -0.05) is 0 Å². The average Bonchev–Trinajstić information content (AvgIpc) is 3.20. The van der Waals surface area contributed by atoms with Gasteiger partial charge in [0.1, 0.15) is 5.82 Å². The zero-order valence-electron chi connectivity index (χ0n) is 17.2. The topological polar surface area (TPSA) is 85.7 Å². The second kappa shape index (κ2) is 8.59. The van der Waals surface area contributed by atoms with Crippen molar-refractivity contribution >= 4 is 21.7 Å². The van der Waals surface area contributed by atoms with E-state index in [9.17, 15) is 22.4 Å². The van der Waals surface area contributed by atoms with E-state index < -0.39 is 28.3 Å². The number of carbonyl (C=O) groups is 2. The molecule has 3 rings (SSSR count). The molecule has 2 heterocycles. The number of rotatable bonds is 6. The Bertz CT molecular complexity index is 1060. The number of hydrogen-bond acceptors (Lipinski definition) is 5. The molecule has 30 heavy (non-hydrogen) atoms. The van der Waals surface area contributed by atoms with E-state index in [2.05, 4.69) is 0 Å². The Balaban J connectivity index is 1.70. The first-order valence-electron chi connectivity index (χ1n) is 9.75. The van der Waals surface area contributed by atoms with E-state index in [-0.39, 0.29) is 23.4 Å². The molecular formula is C21H25FN2O5S. The Kier molecular flexibility index (Phi) is 6.30. The maximum atomic E-state index is 13.2. The Labute approximate surface area is 175 Å². The predicted molar refractivity (Wildman–Crippen MR) is 110 cm³/mol. The van der Waals surface area contributed by atoms with Crippen LogP contribution in [0, 0.1) is 19.7 Å². The quantitative estimate of drug-likeness (QED) is 0.650. The van der Waals surface area contributed by atoms with Gasteiger partial charge in [-0.15, -0.1) is 0 Å². The fourth-order valence-electron chi connectivity index (χ4n) is 3.90. The number of esters is 1. The molecule has 1 fully saturated rings. The van der Waals surface area contributed by atoms with Crippen molar-refractivity contribution in [3.63, 3.8) is 0 Å². The number of hydrogen-bond donors (Lipinski definition) is 0. The third kappa shape index (κ3) is 4.56. The lowest BCUT2D eigenvalue weighted by molar-refractivity contribution is -0.136. The molecule has 0 bridgehead atoms. The molecule has 1 amide bonds. The second-order valence-corrected chi connectivity index (χ2v) is 9.64. The first kappa shape index (κ1) is 22.0. The van der Waals surface area contributed by atoms with Crippen LogP contribution in [0.4, 0.5) is 4.39 Å². The minimum Gasteiger partial charge on any atom is -0.452 e. The minimum absolute atomic E-state index is 0.0562. The fraction of sp³-hybridized carbons (Fsp3) is 0.429. The summed E-state index contributed by atoms with van der Waals surface area (Å²) in [5, 5.41) is 0. The van der Waals surface area contributed by atoms with E-state index in [0.29, 0.717) is 29.9 Å². The van der Waals surface area contributed by atoms with Gasteiger partial charge in [0.15, 0.2) is 16.4 Å². The fourth-order valence-corrected chi connectivity index (χ4v) is 5.63. The van der Waals surface area contributed by atoms with Crippen LogP contribution < -0.4 is 0 Å². The number of aromatic nitrogens is 1. The maximum absolute atomic E-state index is 13.2. The zero-order chi connectivity index (χ0) is 22.1. The molecule has 0 spiro atoms. The summed E-state index contributed by atoms with van der Waals surface area (Å²) in [5.74, 6) is -1.40. The summed E-state index contributed by atoms with van der Waals surface area (Å²) in [6.45, 7) is 5.22.